The highest BCUT2D eigenvalue weighted by Crippen LogP contribution is 2.25. The molecule has 0 spiro atoms. The van der Waals surface area contributed by atoms with E-state index < -0.39 is 27.7 Å². The first-order valence-corrected chi connectivity index (χ1v) is 9.11. The first-order chi connectivity index (χ1) is 14.8. The van der Waals surface area contributed by atoms with Gasteiger partial charge in [-0.3, -0.25) is 29.8 Å². The standard InChI is InChI=1S/C22H16N2O7/c25-20(14-15-6-10-18(11-7-15)23(27)28)31-22(21(26)16-4-2-1-3-5-16)17-8-12-19(13-9-17)24(29)30/h1-13,22H,14H2/t22-/m0/s1. The Morgan fingerprint density at radius 2 is 1.29 bits per heavy atom. The van der Waals surface area contributed by atoms with Gasteiger partial charge in [-0.15, -0.1) is 0 Å². The summed E-state index contributed by atoms with van der Waals surface area (Å²) >= 11 is 0. The number of carbonyl (C=O) groups excluding carboxylic acids is 2. The summed E-state index contributed by atoms with van der Waals surface area (Å²) in [6.45, 7) is 0. The molecule has 0 N–H and O–H groups in total. The number of nitrogens with zero attached hydrogens (tertiary/aromatic N) is 2. The molecule has 0 aromatic heterocycles. The molecule has 0 heterocycles. The van der Waals surface area contributed by atoms with E-state index in [-0.39, 0.29) is 23.4 Å². The lowest BCUT2D eigenvalue weighted by molar-refractivity contribution is -0.385. The third-order valence-electron chi connectivity index (χ3n) is 4.45. The van der Waals surface area contributed by atoms with Gasteiger partial charge in [-0.05, 0) is 17.7 Å². The first kappa shape index (κ1) is 21.3. The van der Waals surface area contributed by atoms with Crippen molar-refractivity contribution in [1.82, 2.24) is 0 Å². The van der Waals surface area contributed by atoms with Crippen LogP contribution in [0.4, 0.5) is 11.4 Å². The number of esters is 1. The number of benzene rings is 3. The van der Waals surface area contributed by atoms with E-state index in [0.29, 0.717) is 11.1 Å². The van der Waals surface area contributed by atoms with Gasteiger partial charge in [0.2, 0.25) is 5.78 Å². The summed E-state index contributed by atoms with van der Waals surface area (Å²) in [7, 11) is 0. The lowest BCUT2D eigenvalue weighted by Crippen LogP contribution is -2.21. The minimum atomic E-state index is -1.30. The average Bonchev–Trinajstić information content (AvgIpc) is 2.78. The van der Waals surface area contributed by atoms with Gasteiger partial charge in [0.25, 0.3) is 11.4 Å². The van der Waals surface area contributed by atoms with Crippen LogP contribution in [0.2, 0.25) is 0 Å². The van der Waals surface area contributed by atoms with Gasteiger partial charge in [0.1, 0.15) is 0 Å². The molecule has 0 aliphatic carbocycles. The summed E-state index contributed by atoms with van der Waals surface area (Å²) in [5.74, 6) is -1.20. The van der Waals surface area contributed by atoms with Gasteiger partial charge >= 0.3 is 5.97 Å². The lowest BCUT2D eigenvalue weighted by atomic mass is 9.99. The molecule has 0 aliphatic heterocycles. The summed E-state index contributed by atoms with van der Waals surface area (Å²) < 4.78 is 5.44. The monoisotopic (exact) mass is 420 g/mol. The number of non-ortho nitro benzene ring substituents is 2. The molecular formula is C22H16N2O7. The lowest BCUT2D eigenvalue weighted by Gasteiger charge is -2.17. The molecule has 0 saturated heterocycles. The average molecular weight is 420 g/mol. The molecule has 3 rings (SSSR count). The van der Waals surface area contributed by atoms with Crippen LogP contribution in [0.25, 0.3) is 0 Å². The van der Waals surface area contributed by atoms with Crippen LogP contribution in [-0.4, -0.2) is 21.6 Å². The van der Waals surface area contributed by atoms with Crippen LogP contribution in [0.5, 0.6) is 0 Å². The van der Waals surface area contributed by atoms with Crippen LogP contribution in [0.15, 0.2) is 78.9 Å². The molecule has 0 saturated carbocycles. The van der Waals surface area contributed by atoms with Crippen molar-refractivity contribution in [3.8, 4) is 0 Å². The molecule has 0 aliphatic rings. The van der Waals surface area contributed by atoms with Crippen molar-refractivity contribution in [3.05, 3.63) is 116 Å². The third-order valence-corrected chi connectivity index (χ3v) is 4.45. The van der Waals surface area contributed by atoms with Crippen molar-refractivity contribution < 1.29 is 24.2 Å². The second-order valence-electron chi connectivity index (χ2n) is 6.55. The van der Waals surface area contributed by atoms with E-state index in [2.05, 4.69) is 0 Å². The molecule has 9 heteroatoms. The highest BCUT2D eigenvalue weighted by Gasteiger charge is 2.27. The zero-order valence-corrected chi connectivity index (χ0v) is 16.0. The van der Waals surface area contributed by atoms with E-state index in [1.165, 1.54) is 48.5 Å². The molecule has 156 valence electrons. The van der Waals surface area contributed by atoms with Crippen LogP contribution in [0, 0.1) is 20.2 Å². The Kier molecular flexibility index (Phi) is 6.46. The fraction of sp³-hybridized carbons (Fsp3) is 0.0909. The molecule has 0 fully saturated rings. The minimum Gasteiger partial charge on any atom is -0.449 e. The maximum atomic E-state index is 13.0. The maximum absolute atomic E-state index is 13.0. The second kappa shape index (κ2) is 9.40. The van der Waals surface area contributed by atoms with E-state index in [0.717, 1.165) is 0 Å². The fourth-order valence-corrected chi connectivity index (χ4v) is 2.87. The van der Waals surface area contributed by atoms with E-state index in [9.17, 15) is 29.8 Å². The number of nitro groups is 2. The number of Topliss-reactive ketones (excluding diaryl/α,β-unsaturated/α-hetero) is 1. The van der Waals surface area contributed by atoms with Crippen molar-refractivity contribution in [2.24, 2.45) is 0 Å². The summed E-state index contributed by atoms with van der Waals surface area (Å²) in [5, 5.41) is 21.6. The highest BCUT2D eigenvalue weighted by atomic mass is 16.6. The molecule has 3 aromatic rings. The molecule has 9 nitrogen and oxygen atoms in total. The molecule has 3 aromatic carbocycles. The van der Waals surface area contributed by atoms with Gasteiger partial charge in [0.05, 0.1) is 16.3 Å². The Balaban J connectivity index is 1.83. The number of rotatable bonds is 8. The Labute approximate surface area is 176 Å². The van der Waals surface area contributed by atoms with Gasteiger partial charge in [0.15, 0.2) is 6.10 Å². The zero-order valence-electron chi connectivity index (χ0n) is 16.0. The summed E-state index contributed by atoms with van der Waals surface area (Å²) in [6.07, 6.45) is -1.50. The molecule has 0 radical (unpaired) electrons. The van der Waals surface area contributed by atoms with Gasteiger partial charge in [-0.2, -0.15) is 0 Å². The van der Waals surface area contributed by atoms with Gasteiger partial charge in [-0.25, -0.2) is 0 Å². The molecule has 0 amide bonds. The number of nitro benzene ring substituents is 2. The number of carbonyl (C=O) groups is 2. The van der Waals surface area contributed by atoms with Crippen LogP contribution in [0.1, 0.15) is 27.6 Å². The number of ketones is 1. The van der Waals surface area contributed by atoms with Crippen molar-refractivity contribution in [2.45, 2.75) is 12.5 Å². The van der Waals surface area contributed by atoms with Crippen LogP contribution in [0.3, 0.4) is 0 Å². The molecule has 0 unspecified atom stereocenters. The fourth-order valence-electron chi connectivity index (χ4n) is 2.87. The Morgan fingerprint density at radius 1 is 0.774 bits per heavy atom. The zero-order chi connectivity index (χ0) is 22.4. The summed E-state index contributed by atoms with van der Waals surface area (Å²) in [5.41, 5.74) is 0.808. The quantitative estimate of drug-likeness (QED) is 0.231. The van der Waals surface area contributed by atoms with Gasteiger partial charge in [0, 0.05) is 35.4 Å². The SMILES string of the molecule is O=C(Cc1ccc([N+](=O)[O-])cc1)O[C@H](C(=O)c1ccccc1)c1ccc([N+](=O)[O-])cc1. The number of ether oxygens (including phenoxy) is 1. The van der Waals surface area contributed by atoms with Crippen molar-refractivity contribution >= 4 is 23.1 Å². The smallest absolute Gasteiger partial charge is 0.311 e. The Morgan fingerprint density at radius 3 is 1.81 bits per heavy atom. The van der Waals surface area contributed by atoms with Gasteiger partial charge in [-0.1, -0.05) is 42.5 Å². The molecule has 31 heavy (non-hydrogen) atoms. The van der Waals surface area contributed by atoms with Crippen molar-refractivity contribution in [3.63, 3.8) is 0 Å². The summed E-state index contributed by atoms with van der Waals surface area (Å²) in [6, 6.07) is 18.8. The van der Waals surface area contributed by atoms with Crippen LogP contribution >= 0.6 is 0 Å². The van der Waals surface area contributed by atoms with E-state index in [1.54, 1.807) is 30.3 Å². The summed E-state index contributed by atoms with van der Waals surface area (Å²) in [4.78, 5) is 46.0. The largest absolute Gasteiger partial charge is 0.449 e. The second-order valence-corrected chi connectivity index (χ2v) is 6.55. The van der Waals surface area contributed by atoms with Crippen LogP contribution in [-0.2, 0) is 16.0 Å². The van der Waals surface area contributed by atoms with E-state index in [4.69, 9.17) is 4.74 Å². The first-order valence-electron chi connectivity index (χ1n) is 9.11. The highest BCUT2D eigenvalue weighted by molar-refractivity contribution is 6.01. The topological polar surface area (TPSA) is 130 Å². The predicted octanol–water partition coefficient (Wildman–Crippen LogP) is 4.21. The minimum absolute atomic E-state index is 0.111. The third kappa shape index (κ3) is 5.36. The Hall–Kier alpha value is -4.40. The normalized spacial score (nSPS) is 11.4. The van der Waals surface area contributed by atoms with Crippen molar-refractivity contribution in [2.75, 3.05) is 0 Å². The number of hydrogen-bond acceptors (Lipinski definition) is 7. The van der Waals surface area contributed by atoms with Crippen molar-refractivity contribution in [1.29, 1.82) is 0 Å². The van der Waals surface area contributed by atoms with E-state index in [1.807, 2.05) is 0 Å². The molecular weight excluding hydrogens is 404 g/mol. The van der Waals surface area contributed by atoms with Gasteiger partial charge < -0.3 is 4.74 Å². The Bertz CT molecular complexity index is 1110. The predicted molar refractivity (Wildman–Crippen MR) is 110 cm³/mol. The molecule has 0 bridgehead atoms. The molecule has 1 atom stereocenters. The maximum Gasteiger partial charge on any atom is 0.311 e. The number of hydrogen-bond donors (Lipinski definition) is 0. The van der Waals surface area contributed by atoms with E-state index >= 15 is 0 Å². The van der Waals surface area contributed by atoms with Crippen LogP contribution < -0.4 is 0 Å².